The van der Waals surface area contributed by atoms with E-state index in [1.807, 2.05) is 25.1 Å². The first-order valence-corrected chi connectivity index (χ1v) is 12.9. The van der Waals surface area contributed by atoms with E-state index in [4.69, 9.17) is 26.2 Å². The minimum Gasteiger partial charge on any atom is -0.475 e. The molecule has 3 aromatic rings. The first kappa shape index (κ1) is 29.3. The van der Waals surface area contributed by atoms with Crippen LogP contribution in [0, 0.1) is 18.3 Å². The number of carbonyl (C=O) groups is 2. The van der Waals surface area contributed by atoms with Gasteiger partial charge in [-0.25, -0.2) is 18.4 Å². The molecule has 13 heteroatoms. The van der Waals surface area contributed by atoms with Crippen molar-refractivity contribution in [1.29, 1.82) is 5.41 Å². The van der Waals surface area contributed by atoms with Crippen LogP contribution in [-0.4, -0.2) is 37.4 Å². The van der Waals surface area contributed by atoms with Gasteiger partial charge in [0.2, 0.25) is 15.9 Å². The summed E-state index contributed by atoms with van der Waals surface area (Å²) in [5.41, 5.74) is 9.98. The van der Waals surface area contributed by atoms with E-state index in [0.29, 0.717) is 22.4 Å². The summed E-state index contributed by atoms with van der Waals surface area (Å²) in [5, 5.41) is 23.0. The van der Waals surface area contributed by atoms with E-state index in [-0.39, 0.29) is 28.5 Å². The first-order chi connectivity index (χ1) is 18.1. The fourth-order valence-electron chi connectivity index (χ4n) is 3.88. The lowest BCUT2D eigenvalue weighted by molar-refractivity contribution is -0.192. The quantitative estimate of drug-likeness (QED) is 0.224. The van der Waals surface area contributed by atoms with Gasteiger partial charge in [0.25, 0.3) is 0 Å². The topological polar surface area (TPSA) is 176 Å². The predicted octanol–water partition coefficient (Wildman–Crippen LogP) is 3.97. The van der Waals surface area contributed by atoms with Gasteiger partial charge in [0.1, 0.15) is 5.84 Å². The largest absolute Gasteiger partial charge is 0.490 e. The Morgan fingerprint density at radius 2 is 1.67 bits per heavy atom. The number of alkyl halides is 3. The van der Waals surface area contributed by atoms with E-state index >= 15 is 0 Å². The van der Waals surface area contributed by atoms with Crippen LogP contribution < -0.4 is 16.2 Å². The summed E-state index contributed by atoms with van der Waals surface area (Å²) in [4.78, 5) is 21.6. The molecule has 1 aliphatic carbocycles. The van der Waals surface area contributed by atoms with Gasteiger partial charge in [0.15, 0.2) is 0 Å². The van der Waals surface area contributed by atoms with Crippen molar-refractivity contribution in [2.45, 2.75) is 30.3 Å². The van der Waals surface area contributed by atoms with Gasteiger partial charge in [0, 0.05) is 22.7 Å². The van der Waals surface area contributed by atoms with Gasteiger partial charge in [-0.15, -0.1) is 0 Å². The molecular formula is C26H25F3N4O5S. The number of nitrogens with one attached hydrogen (secondary N) is 2. The maximum Gasteiger partial charge on any atom is 0.490 e. The lowest BCUT2D eigenvalue weighted by Gasteiger charge is -2.11. The number of aryl methyl sites for hydroxylation is 1. The molecule has 0 saturated heterocycles. The molecule has 1 fully saturated rings. The van der Waals surface area contributed by atoms with Gasteiger partial charge >= 0.3 is 12.1 Å². The van der Waals surface area contributed by atoms with Crippen molar-refractivity contribution in [3.8, 4) is 11.1 Å². The second-order valence-electron chi connectivity index (χ2n) is 8.90. The highest BCUT2D eigenvalue weighted by Gasteiger charge is 2.44. The van der Waals surface area contributed by atoms with Gasteiger partial charge in [-0.3, -0.25) is 10.2 Å². The van der Waals surface area contributed by atoms with Crippen LogP contribution in [0.15, 0.2) is 71.6 Å². The maximum atomic E-state index is 12.7. The zero-order valence-electron chi connectivity index (χ0n) is 20.5. The zero-order valence-corrected chi connectivity index (χ0v) is 21.3. The van der Waals surface area contributed by atoms with Crippen LogP contribution in [0.1, 0.15) is 29.0 Å². The summed E-state index contributed by atoms with van der Waals surface area (Å²) in [5.74, 6) is -2.85. The number of amides is 1. The summed E-state index contributed by atoms with van der Waals surface area (Å²) in [7, 11) is -3.86. The first-order valence-electron chi connectivity index (χ1n) is 11.4. The molecule has 1 aliphatic rings. The number of carboxylic acids is 1. The fourth-order valence-corrected chi connectivity index (χ4v) is 4.62. The van der Waals surface area contributed by atoms with Crippen molar-refractivity contribution in [2.24, 2.45) is 16.8 Å². The van der Waals surface area contributed by atoms with Crippen molar-refractivity contribution >= 4 is 33.4 Å². The molecule has 0 radical (unpaired) electrons. The van der Waals surface area contributed by atoms with Crippen LogP contribution in [0.2, 0.25) is 0 Å². The van der Waals surface area contributed by atoms with Crippen molar-refractivity contribution in [3.63, 3.8) is 0 Å². The standard InChI is InChI=1S/C24H24N4O3S.C2HF3O2/c1-14-5-10-22(32(27,30)31)20(11-14)15-6-8-18(9-7-15)28-24(29)21-13-19(21)16-3-2-4-17(12-16)23(25)26;3-2(4,5)1(6)7/h2-12,19,21H,13H2,1H3,(H3,25,26)(H,28,29)(H2,27,30,31);(H,6,7)/t19-,21-;/m0./s1. The number of aliphatic carboxylic acids is 1. The molecule has 1 saturated carbocycles. The number of amidine groups is 1. The molecular weight excluding hydrogens is 537 g/mol. The van der Waals surface area contributed by atoms with Gasteiger partial charge in [0.05, 0.1) is 4.90 Å². The van der Waals surface area contributed by atoms with Crippen LogP contribution in [0.25, 0.3) is 11.1 Å². The highest BCUT2D eigenvalue weighted by molar-refractivity contribution is 7.89. The number of hydrogen-bond donors (Lipinski definition) is 5. The van der Waals surface area contributed by atoms with E-state index in [1.165, 1.54) is 6.07 Å². The summed E-state index contributed by atoms with van der Waals surface area (Å²) < 4.78 is 55.6. The Balaban J connectivity index is 0.000000532. The Kier molecular flexibility index (Phi) is 8.46. The van der Waals surface area contributed by atoms with Crippen LogP contribution in [-0.2, 0) is 19.6 Å². The monoisotopic (exact) mass is 562 g/mol. The van der Waals surface area contributed by atoms with Gasteiger partial charge in [-0.2, -0.15) is 13.2 Å². The Hall–Kier alpha value is -4.23. The van der Waals surface area contributed by atoms with Crippen LogP contribution in [0.3, 0.4) is 0 Å². The van der Waals surface area contributed by atoms with Gasteiger partial charge in [-0.1, -0.05) is 48.0 Å². The lowest BCUT2D eigenvalue weighted by Crippen LogP contribution is -2.21. The Labute approximate surface area is 222 Å². The molecule has 0 unspecified atom stereocenters. The van der Waals surface area contributed by atoms with Gasteiger partial charge in [-0.05, 0) is 54.7 Å². The smallest absolute Gasteiger partial charge is 0.475 e. The molecule has 0 aromatic heterocycles. The number of rotatable bonds is 6. The lowest BCUT2D eigenvalue weighted by atomic mass is 10.0. The number of primary sulfonamides is 1. The van der Waals surface area contributed by atoms with Crippen molar-refractivity contribution in [2.75, 3.05) is 5.32 Å². The number of sulfonamides is 1. The summed E-state index contributed by atoms with van der Waals surface area (Å²) >= 11 is 0. The zero-order chi connectivity index (χ0) is 29.1. The number of benzene rings is 3. The second kappa shape index (κ2) is 11.3. The molecule has 2 atom stereocenters. The molecule has 0 aliphatic heterocycles. The fraction of sp³-hybridized carbons (Fsp3) is 0.192. The molecule has 206 valence electrons. The number of nitrogen functional groups attached to an aromatic ring is 1. The van der Waals surface area contributed by atoms with Crippen LogP contribution in [0.5, 0.6) is 0 Å². The Morgan fingerprint density at radius 3 is 2.21 bits per heavy atom. The van der Waals surface area contributed by atoms with Crippen molar-refractivity contribution in [3.05, 3.63) is 83.4 Å². The number of anilines is 1. The number of nitrogens with two attached hydrogens (primary N) is 2. The van der Waals surface area contributed by atoms with E-state index in [0.717, 1.165) is 17.5 Å². The summed E-state index contributed by atoms with van der Waals surface area (Å²) in [6.45, 7) is 1.88. The summed E-state index contributed by atoms with van der Waals surface area (Å²) in [6, 6.07) is 19.4. The molecule has 0 heterocycles. The van der Waals surface area contributed by atoms with Crippen molar-refractivity contribution in [1.82, 2.24) is 0 Å². The number of hydrogen-bond acceptors (Lipinski definition) is 5. The Bertz CT molecular complexity index is 1520. The minimum atomic E-state index is -5.08. The molecule has 9 nitrogen and oxygen atoms in total. The average Bonchev–Trinajstić information content (AvgIpc) is 3.65. The number of carbonyl (C=O) groups excluding carboxylic acids is 1. The maximum absolute atomic E-state index is 12.7. The van der Waals surface area contributed by atoms with Crippen LogP contribution in [0.4, 0.5) is 18.9 Å². The molecule has 7 N–H and O–H groups in total. The highest BCUT2D eigenvalue weighted by Crippen LogP contribution is 2.48. The van der Waals surface area contributed by atoms with E-state index in [9.17, 15) is 26.4 Å². The van der Waals surface area contributed by atoms with Gasteiger partial charge < -0.3 is 16.2 Å². The second-order valence-corrected chi connectivity index (χ2v) is 10.4. The number of halogens is 3. The third-order valence-corrected chi connectivity index (χ3v) is 6.87. The predicted molar refractivity (Wildman–Crippen MR) is 139 cm³/mol. The molecule has 0 spiro atoms. The molecule has 1 amide bonds. The molecule has 4 rings (SSSR count). The molecule has 0 bridgehead atoms. The number of carboxylic acid groups (broad SMARTS) is 1. The van der Waals surface area contributed by atoms with E-state index < -0.39 is 22.2 Å². The summed E-state index contributed by atoms with van der Waals surface area (Å²) in [6.07, 6.45) is -4.34. The van der Waals surface area contributed by atoms with E-state index in [2.05, 4.69) is 5.32 Å². The third-order valence-electron chi connectivity index (χ3n) is 5.90. The Morgan fingerprint density at radius 1 is 1.05 bits per heavy atom. The highest BCUT2D eigenvalue weighted by atomic mass is 32.2. The normalized spacial score (nSPS) is 16.4. The van der Waals surface area contributed by atoms with E-state index in [1.54, 1.807) is 42.5 Å². The molecule has 3 aromatic carbocycles. The van der Waals surface area contributed by atoms with Crippen molar-refractivity contribution < 1.29 is 36.3 Å². The average molecular weight is 563 g/mol. The SMILES string of the molecule is Cc1ccc(S(N)(=O)=O)c(-c2ccc(NC(=O)[C@H]3C[C@H]3c3cccc(C(=N)N)c3)cc2)c1.O=C(O)C(F)(F)F. The molecule has 39 heavy (non-hydrogen) atoms. The third kappa shape index (κ3) is 7.65. The minimum absolute atomic E-state index is 0.00722. The van der Waals surface area contributed by atoms with Crippen LogP contribution >= 0.6 is 0 Å².